The molecule has 0 aromatic carbocycles. The van der Waals surface area contributed by atoms with Crippen LogP contribution < -0.4 is 10.1 Å². The molecule has 0 amide bonds. The monoisotopic (exact) mass is 256 g/mol. The maximum absolute atomic E-state index is 6.08. The Balaban J connectivity index is 2.00. The van der Waals surface area contributed by atoms with E-state index in [4.69, 9.17) is 21.1 Å². The molecule has 1 aliphatic heterocycles. The van der Waals surface area contributed by atoms with E-state index in [2.05, 4.69) is 24.1 Å². The van der Waals surface area contributed by atoms with E-state index >= 15 is 0 Å². The van der Waals surface area contributed by atoms with E-state index in [1.165, 1.54) is 0 Å². The zero-order valence-electron chi connectivity index (χ0n) is 10.1. The van der Waals surface area contributed by atoms with E-state index < -0.39 is 0 Å². The molecule has 0 atom stereocenters. The van der Waals surface area contributed by atoms with Crippen molar-refractivity contribution < 1.29 is 9.47 Å². The lowest BCUT2D eigenvalue weighted by Crippen LogP contribution is -2.38. The molecule has 1 saturated heterocycles. The van der Waals surface area contributed by atoms with Crippen molar-refractivity contribution in [2.24, 2.45) is 0 Å². The summed E-state index contributed by atoms with van der Waals surface area (Å²) in [7, 11) is 0. The highest BCUT2D eigenvalue weighted by atomic mass is 35.5. The van der Waals surface area contributed by atoms with Crippen LogP contribution in [0.5, 0.6) is 5.88 Å². The van der Waals surface area contributed by atoms with Gasteiger partial charge in [0.15, 0.2) is 0 Å². The molecular weight excluding hydrogens is 240 g/mol. The second-order valence-corrected chi connectivity index (χ2v) is 4.83. The highest BCUT2D eigenvalue weighted by Gasteiger charge is 2.20. The Morgan fingerprint density at radius 1 is 1.59 bits per heavy atom. The van der Waals surface area contributed by atoms with Crippen molar-refractivity contribution in [1.29, 1.82) is 0 Å². The van der Waals surface area contributed by atoms with Gasteiger partial charge in [0.2, 0.25) is 5.88 Å². The number of nitrogens with one attached hydrogen (secondary N) is 1. The van der Waals surface area contributed by atoms with Crippen LogP contribution in [0.25, 0.3) is 0 Å². The lowest BCUT2D eigenvalue weighted by atomic mass is 10.2. The van der Waals surface area contributed by atoms with Gasteiger partial charge in [-0.1, -0.05) is 25.4 Å². The first-order valence-corrected chi connectivity index (χ1v) is 6.15. The molecule has 94 valence electrons. The van der Waals surface area contributed by atoms with Gasteiger partial charge in [-0.25, -0.2) is 4.98 Å². The van der Waals surface area contributed by atoms with Gasteiger partial charge in [0.05, 0.1) is 18.2 Å². The minimum Gasteiger partial charge on any atom is -0.469 e. The zero-order chi connectivity index (χ0) is 12.3. The van der Waals surface area contributed by atoms with E-state index in [0.29, 0.717) is 30.2 Å². The molecule has 2 heterocycles. The fourth-order valence-electron chi connectivity index (χ4n) is 1.43. The summed E-state index contributed by atoms with van der Waals surface area (Å²) in [5.41, 5.74) is 1.01. The van der Waals surface area contributed by atoms with E-state index in [0.717, 1.165) is 12.1 Å². The van der Waals surface area contributed by atoms with Crippen LogP contribution in [0.4, 0.5) is 0 Å². The summed E-state index contributed by atoms with van der Waals surface area (Å²) in [5.74, 6) is 0.614. The largest absolute Gasteiger partial charge is 0.469 e. The first-order chi connectivity index (χ1) is 8.15. The fraction of sp³-hybridized carbons (Fsp3) is 0.583. The number of aromatic nitrogens is 1. The Kier molecular flexibility index (Phi) is 4.20. The van der Waals surface area contributed by atoms with Crippen LogP contribution >= 0.6 is 11.6 Å². The third kappa shape index (κ3) is 3.56. The first-order valence-electron chi connectivity index (χ1n) is 5.77. The second-order valence-electron chi connectivity index (χ2n) is 4.43. The topological polar surface area (TPSA) is 43.4 Å². The molecule has 0 unspecified atom stereocenters. The van der Waals surface area contributed by atoms with Crippen molar-refractivity contribution in [3.8, 4) is 5.88 Å². The molecule has 0 spiro atoms. The average Bonchev–Trinajstić information content (AvgIpc) is 2.23. The molecule has 1 N–H and O–H groups in total. The molecule has 1 aromatic heterocycles. The van der Waals surface area contributed by atoms with Gasteiger partial charge >= 0.3 is 0 Å². The molecule has 0 radical (unpaired) electrons. The third-order valence-corrected chi connectivity index (χ3v) is 2.85. The van der Waals surface area contributed by atoms with Crippen LogP contribution in [-0.4, -0.2) is 30.3 Å². The minimum atomic E-state index is 0.134. The summed E-state index contributed by atoms with van der Waals surface area (Å²) < 4.78 is 10.7. The molecule has 4 nitrogen and oxygen atoms in total. The van der Waals surface area contributed by atoms with E-state index in [-0.39, 0.29) is 6.10 Å². The predicted octanol–water partition coefficient (Wildman–Crippen LogP) is 2.01. The van der Waals surface area contributed by atoms with Crippen molar-refractivity contribution in [2.75, 3.05) is 13.2 Å². The van der Waals surface area contributed by atoms with Gasteiger partial charge in [0, 0.05) is 24.8 Å². The van der Waals surface area contributed by atoms with E-state index in [1.54, 1.807) is 6.20 Å². The first kappa shape index (κ1) is 12.6. The van der Waals surface area contributed by atoms with Crippen molar-refractivity contribution >= 4 is 11.6 Å². The normalized spacial score (nSPS) is 16.0. The standard InChI is InChI=1S/C12H17ClN2O2/c1-8(2)14-4-9-3-12(15-5-11(9)13)17-10-6-16-7-10/h3,5,8,10,14H,4,6-7H2,1-2H3. The number of rotatable bonds is 5. The molecule has 17 heavy (non-hydrogen) atoms. The Bertz CT molecular complexity index is 381. The number of pyridine rings is 1. The second kappa shape index (κ2) is 5.67. The summed E-state index contributed by atoms with van der Waals surface area (Å²) in [6.07, 6.45) is 1.77. The van der Waals surface area contributed by atoms with Gasteiger partial charge < -0.3 is 14.8 Å². The molecule has 0 saturated carbocycles. The van der Waals surface area contributed by atoms with Gasteiger partial charge in [-0.05, 0) is 5.56 Å². The highest BCUT2D eigenvalue weighted by molar-refractivity contribution is 6.31. The van der Waals surface area contributed by atoms with Crippen LogP contribution in [-0.2, 0) is 11.3 Å². The molecule has 2 rings (SSSR count). The Morgan fingerprint density at radius 2 is 2.35 bits per heavy atom. The Hall–Kier alpha value is -0.840. The summed E-state index contributed by atoms with van der Waals surface area (Å²) in [4.78, 5) is 4.15. The summed E-state index contributed by atoms with van der Waals surface area (Å²) >= 11 is 6.08. The van der Waals surface area contributed by atoms with Crippen molar-refractivity contribution in [3.05, 3.63) is 22.8 Å². The Labute approximate surface area is 106 Å². The van der Waals surface area contributed by atoms with Gasteiger partial charge in [-0.3, -0.25) is 0 Å². The third-order valence-electron chi connectivity index (χ3n) is 2.51. The van der Waals surface area contributed by atoms with Crippen molar-refractivity contribution in [3.63, 3.8) is 0 Å². The lowest BCUT2D eigenvalue weighted by molar-refractivity contribution is -0.0813. The van der Waals surface area contributed by atoms with Crippen LogP contribution in [0.3, 0.4) is 0 Å². The fourth-order valence-corrected chi connectivity index (χ4v) is 1.60. The molecule has 1 aliphatic rings. The summed E-state index contributed by atoms with van der Waals surface area (Å²) in [6.45, 7) is 6.20. The molecule has 1 aromatic rings. The predicted molar refractivity (Wildman–Crippen MR) is 66.5 cm³/mol. The maximum atomic E-state index is 6.08. The van der Waals surface area contributed by atoms with Crippen LogP contribution in [0.1, 0.15) is 19.4 Å². The quantitative estimate of drug-likeness (QED) is 0.875. The van der Waals surface area contributed by atoms with Gasteiger partial charge in [-0.2, -0.15) is 0 Å². The smallest absolute Gasteiger partial charge is 0.214 e. The molecule has 0 aliphatic carbocycles. The minimum absolute atomic E-state index is 0.134. The van der Waals surface area contributed by atoms with Crippen LogP contribution in [0.2, 0.25) is 5.02 Å². The molecular formula is C12H17ClN2O2. The van der Waals surface area contributed by atoms with Gasteiger partial charge in [-0.15, -0.1) is 0 Å². The average molecular weight is 257 g/mol. The SMILES string of the molecule is CC(C)NCc1cc(OC2COC2)ncc1Cl. The molecule has 5 heteroatoms. The van der Waals surface area contributed by atoms with Gasteiger partial charge in [0.25, 0.3) is 0 Å². The summed E-state index contributed by atoms with van der Waals surface area (Å²) in [6, 6.07) is 2.30. The Morgan fingerprint density at radius 3 is 2.94 bits per heavy atom. The number of halogens is 1. The molecule has 0 bridgehead atoms. The number of ether oxygens (including phenoxy) is 2. The molecule has 1 fully saturated rings. The highest BCUT2D eigenvalue weighted by Crippen LogP contribution is 2.21. The van der Waals surface area contributed by atoms with E-state index in [9.17, 15) is 0 Å². The number of hydrogen-bond acceptors (Lipinski definition) is 4. The maximum Gasteiger partial charge on any atom is 0.214 e. The van der Waals surface area contributed by atoms with Gasteiger partial charge in [0.1, 0.15) is 6.10 Å². The van der Waals surface area contributed by atoms with Crippen LogP contribution in [0, 0.1) is 0 Å². The number of hydrogen-bond donors (Lipinski definition) is 1. The van der Waals surface area contributed by atoms with Crippen molar-refractivity contribution in [2.45, 2.75) is 32.5 Å². The van der Waals surface area contributed by atoms with E-state index in [1.807, 2.05) is 6.07 Å². The summed E-state index contributed by atoms with van der Waals surface area (Å²) in [5, 5.41) is 3.98. The number of nitrogens with zero attached hydrogens (tertiary/aromatic N) is 1. The van der Waals surface area contributed by atoms with Crippen LogP contribution in [0.15, 0.2) is 12.3 Å². The lowest BCUT2D eigenvalue weighted by Gasteiger charge is -2.26. The van der Waals surface area contributed by atoms with Crippen molar-refractivity contribution in [1.82, 2.24) is 10.3 Å². The zero-order valence-corrected chi connectivity index (χ0v) is 10.8.